The van der Waals surface area contributed by atoms with Gasteiger partial charge in [0.15, 0.2) is 9.84 Å². The Morgan fingerprint density at radius 1 is 1.28 bits per heavy atom. The van der Waals surface area contributed by atoms with Crippen LogP contribution in [-0.2, 0) is 14.6 Å². The molecule has 102 valence electrons. The van der Waals surface area contributed by atoms with Gasteiger partial charge < -0.3 is 11.1 Å². The first-order valence-corrected chi connectivity index (χ1v) is 6.94. The van der Waals surface area contributed by atoms with E-state index in [1.807, 2.05) is 0 Å². The highest BCUT2D eigenvalue weighted by Crippen LogP contribution is 2.15. The summed E-state index contributed by atoms with van der Waals surface area (Å²) in [7, 11) is -3.62. The van der Waals surface area contributed by atoms with Crippen LogP contribution in [0.15, 0.2) is 29.2 Å². The van der Waals surface area contributed by atoms with Gasteiger partial charge in [-0.1, -0.05) is 11.6 Å². The molecule has 0 aromatic heterocycles. The van der Waals surface area contributed by atoms with Crippen LogP contribution in [-0.4, -0.2) is 33.2 Å². The molecule has 0 fully saturated rings. The maximum Gasteiger partial charge on any atom is 0.235 e. The van der Waals surface area contributed by atoms with E-state index in [0.717, 1.165) is 0 Å². The number of halogens is 2. The number of rotatable bonds is 5. The second kappa shape index (κ2) is 7.58. The number of nitrogens with one attached hydrogen (secondary N) is 1. The van der Waals surface area contributed by atoms with Gasteiger partial charge in [0.25, 0.3) is 0 Å². The average molecular weight is 313 g/mol. The van der Waals surface area contributed by atoms with Gasteiger partial charge in [-0.25, -0.2) is 8.42 Å². The molecule has 0 bridgehead atoms. The van der Waals surface area contributed by atoms with E-state index in [9.17, 15) is 13.2 Å². The van der Waals surface area contributed by atoms with Gasteiger partial charge >= 0.3 is 0 Å². The van der Waals surface area contributed by atoms with Gasteiger partial charge in [0.1, 0.15) is 5.75 Å². The quantitative estimate of drug-likeness (QED) is 0.833. The van der Waals surface area contributed by atoms with Gasteiger partial charge in [-0.15, -0.1) is 12.4 Å². The molecule has 1 amide bonds. The van der Waals surface area contributed by atoms with Crippen molar-refractivity contribution in [3.63, 3.8) is 0 Å². The molecule has 0 heterocycles. The number of benzene rings is 1. The third-order valence-corrected chi connectivity index (χ3v) is 3.84. The summed E-state index contributed by atoms with van der Waals surface area (Å²) in [6.07, 6.45) is 0. The van der Waals surface area contributed by atoms with Crippen LogP contribution in [0.4, 0.5) is 0 Å². The van der Waals surface area contributed by atoms with E-state index in [1.165, 1.54) is 24.3 Å². The monoisotopic (exact) mass is 312 g/mol. The Kier molecular flexibility index (Phi) is 7.23. The van der Waals surface area contributed by atoms with E-state index in [2.05, 4.69) is 5.32 Å². The fourth-order valence-electron chi connectivity index (χ4n) is 1.16. The molecular formula is C10H14Cl2N2O3S. The number of sulfone groups is 1. The number of carbonyl (C=O) groups excluding carboxylic acids is 1. The van der Waals surface area contributed by atoms with Crippen molar-refractivity contribution in [2.45, 2.75) is 4.90 Å². The molecule has 0 spiro atoms. The Morgan fingerprint density at radius 3 is 2.33 bits per heavy atom. The summed E-state index contributed by atoms with van der Waals surface area (Å²) < 4.78 is 23.6. The molecule has 0 saturated heterocycles. The average Bonchev–Trinajstić information content (AvgIpc) is 2.26. The van der Waals surface area contributed by atoms with Crippen molar-refractivity contribution >= 4 is 39.8 Å². The van der Waals surface area contributed by atoms with Crippen molar-refractivity contribution in [1.29, 1.82) is 0 Å². The van der Waals surface area contributed by atoms with Gasteiger partial charge in [-0.05, 0) is 24.3 Å². The lowest BCUT2D eigenvalue weighted by atomic mass is 10.4. The normalized spacial score (nSPS) is 10.6. The first-order chi connectivity index (χ1) is 7.95. The van der Waals surface area contributed by atoms with Crippen molar-refractivity contribution < 1.29 is 13.2 Å². The molecular weight excluding hydrogens is 299 g/mol. The lowest BCUT2D eigenvalue weighted by Crippen LogP contribution is -2.33. The molecule has 0 aliphatic carbocycles. The number of hydrogen-bond donors (Lipinski definition) is 2. The fraction of sp³-hybridized carbons (Fsp3) is 0.300. The van der Waals surface area contributed by atoms with Gasteiger partial charge in [0.05, 0.1) is 4.90 Å². The molecule has 0 unspecified atom stereocenters. The molecule has 0 aliphatic heterocycles. The Bertz CT molecular complexity index is 488. The zero-order valence-corrected chi connectivity index (χ0v) is 11.8. The van der Waals surface area contributed by atoms with E-state index >= 15 is 0 Å². The molecule has 0 aliphatic rings. The summed E-state index contributed by atoms with van der Waals surface area (Å²) in [5.74, 6) is -1.15. The van der Waals surface area contributed by atoms with Crippen LogP contribution in [0.25, 0.3) is 0 Å². The first-order valence-electron chi connectivity index (χ1n) is 4.91. The van der Waals surface area contributed by atoms with E-state index in [4.69, 9.17) is 17.3 Å². The maximum absolute atomic E-state index is 11.8. The van der Waals surface area contributed by atoms with Crippen molar-refractivity contribution in [1.82, 2.24) is 5.32 Å². The van der Waals surface area contributed by atoms with E-state index in [1.54, 1.807) is 0 Å². The standard InChI is InChI=1S/C10H13ClN2O3S.ClH/c11-8-1-3-9(4-2-8)17(15,16)7-10(14)13-6-5-12;/h1-4H,5-7,12H2,(H,13,14);1H. The summed E-state index contributed by atoms with van der Waals surface area (Å²) in [5, 5.41) is 2.84. The molecule has 1 rings (SSSR count). The Morgan fingerprint density at radius 2 is 1.83 bits per heavy atom. The SMILES string of the molecule is Cl.NCCNC(=O)CS(=O)(=O)c1ccc(Cl)cc1. The highest BCUT2D eigenvalue weighted by atomic mass is 35.5. The van der Waals surface area contributed by atoms with Crippen LogP contribution in [0.2, 0.25) is 5.02 Å². The molecule has 0 radical (unpaired) electrons. The Hall–Kier alpha value is -0.820. The minimum Gasteiger partial charge on any atom is -0.354 e. The predicted octanol–water partition coefficient (Wildman–Crippen LogP) is 0.610. The van der Waals surface area contributed by atoms with E-state index in [-0.39, 0.29) is 30.4 Å². The van der Waals surface area contributed by atoms with Gasteiger partial charge in [0, 0.05) is 18.1 Å². The third kappa shape index (κ3) is 5.22. The zero-order valence-electron chi connectivity index (χ0n) is 9.43. The van der Waals surface area contributed by atoms with Gasteiger partial charge in [-0.3, -0.25) is 4.79 Å². The topological polar surface area (TPSA) is 89.3 Å². The molecule has 3 N–H and O–H groups in total. The zero-order chi connectivity index (χ0) is 12.9. The summed E-state index contributed by atoms with van der Waals surface area (Å²) >= 11 is 5.65. The molecule has 8 heteroatoms. The molecule has 5 nitrogen and oxygen atoms in total. The van der Waals surface area contributed by atoms with Crippen molar-refractivity contribution in [3.8, 4) is 0 Å². The molecule has 0 atom stereocenters. The highest BCUT2D eigenvalue weighted by Gasteiger charge is 2.18. The Labute approximate surface area is 117 Å². The van der Waals surface area contributed by atoms with Crippen LogP contribution in [0.3, 0.4) is 0 Å². The van der Waals surface area contributed by atoms with Crippen LogP contribution < -0.4 is 11.1 Å². The van der Waals surface area contributed by atoms with Crippen LogP contribution in [0, 0.1) is 0 Å². The summed E-state index contributed by atoms with van der Waals surface area (Å²) in [5.41, 5.74) is 5.19. The minimum atomic E-state index is -3.62. The van der Waals surface area contributed by atoms with Crippen molar-refractivity contribution in [3.05, 3.63) is 29.3 Å². The summed E-state index contributed by atoms with van der Waals surface area (Å²) in [4.78, 5) is 11.4. The minimum absolute atomic E-state index is 0. The van der Waals surface area contributed by atoms with Gasteiger partial charge in [0.2, 0.25) is 5.91 Å². The summed E-state index contributed by atoms with van der Waals surface area (Å²) in [6.45, 7) is 0.529. The number of hydrogen-bond acceptors (Lipinski definition) is 4. The van der Waals surface area contributed by atoms with Crippen molar-refractivity contribution in [2.75, 3.05) is 18.8 Å². The number of carbonyl (C=O) groups is 1. The molecule has 1 aromatic carbocycles. The van der Waals surface area contributed by atoms with Crippen LogP contribution in [0.1, 0.15) is 0 Å². The lowest BCUT2D eigenvalue weighted by molar-refractivity contribution is -0.118. The van der Waals surface area contributed by atoms with Gasteiger partial charge in [-0.2, -0.15) is 0 Å². The maximum atomic E-state index is 11.8. The van der Waals surface area contributed by atoms with E-state index < -0.39 is 21.5 Å². The smallest absolute Gasteiger partial charge is 0.235 e. The van der Waals surface area contributed by atoms with Crippen LogP contribution in [0.5, 0.6) is 0 Å². The second-order valence-corrected chi connectivity index (χ2v) is 5.78. The third-order valence-electron chi connectivity index (χ3n) is 1.96. The number of amides is 1. The predicted molar refractivity (Wildman–Crippen MR) is 72.8 cm³/mol. The number of nitrogens with two attached hydrogens (primary N) is 1. The fourth-order valence-corrected chi connectivity index (χ4v) is 2.45. The van der Waals surface area contributed by atoms with Crippen molar-refractivity contribution in [2.24, 2.45) is 5.73 Å². The second-order valence-electron chi connectivity index (χ2n) is 3.35. The molecule has 0 saturated carbocycles. The highest BCUT2D eigenvalue weighted by molar-refractivity contribution is 7.92. The molecule has 1 aromatic rings. The summed E-state index contributed by atoms with van der Waals surface area (Å²) in [6, 6.07) is 5.67. The van der Waals surface area contributed by atoms with Crippen LogP contribution >= 0.6 is 24.0 Å². The molecule has 18 heavy (non-hydrogen) atoms. The lowest BCUT2D eigenvalue weighted by Gasteiger charge is -2.05. The first kappa shape index (κ1) is 17.2. The Balaban J connectivity index is 0.00000289. The van der Waals surface area contributed by atoms with E-state index in [0.29, 0.717) is 5.02 Å². The largest absolute Gasteiger partial charge is 0.354 e.